The summed E-state index contributed by atoms with van der Waals surface area (Å²) in [5.74, 6) is 0.901. The van der Waals surface area contributed by atoms with Gasteiger partial charge >= 0.3 is 0 Å². The molecule has 1 rings (SSSR count). The van der Waals surface area contributed by atoms with E-state index in [-0.39, 0.29) is 0 Å². The van der Waals surface area contributed by atoms with Gasteiger partial charge in [-0.25, -0.2) is 0 Å². The molecule has 0 radical (unpaired) electrons. The van der Waals surface area contributed by atoms with E-state index in [0.717, 1.165) is 12.0 Å². The highest BCUT2D eigenvalue weighted by Gasteiger charge is 2.31. The van der Waals surface area contributed by atoms with Crippen molar-refractivity contribution in [2.24, 2.45) is 11.3 Å². The normalized spacial score (nSPS) is 33.2. The van der Waals surface area contributed by atoms with E-state index in [4.69, 9.17) is 0 Å². The maximum Gasteiger partial charge on any atom is 0.00746 e. The third kappa shape index (κ3) is 3.68. The quantitative estimate of drug-likeness (QED) is 0.708. The van der Waals surface area contributed by atoms with E-state index in [1.165, 1.54) is 32.2 Å². The van der Waals surface area contributed by atoms with E-state index < -0.39 is 0 Å². The summed E-state index contributed by atoms with van der Waals surface area (Å²) in [4.78, 5) is 0. The van der Waals surface area contributed by atoms with Crippen LogP contribution in [0.5, 0.6) is 0 Å². The topological polar surface area (TPSA) is 12.0 Å². The Morgan fingerprint density at radius 3 is 2.54 bits per heavy atom. The van der Waals surface area contributed by atoms with Gasteiger partial charge < -0.3 is 5.32 Å². The predicted octanol–water partition coefficient (Wildman–Crippen LogP) is 3.20. The smallest absolute Gasteiger partial charge is 0.00746 e. The summed E-state index contributed by atoms with van der Waals surface area (Å²) in [6.45, 7) is 10.6. The lowest BCUT2D eigenvalue weighted by Gasteiger charge is -2.39. The maximum atomic E-state index is 3.66. The molecule has 0 unspecified atom stereocenters. The van der Waals surface area contributed by atoms with Crippen molar-refractivity contribution < 1.29 is 0 Å². The molecule has 0 spiro atoms. The van der Waals surface area contributed by atoms with Gasteiger partial charge in [0, 0.05) is 6.04 Å². The fourth-order valence-corrected chi connectivity index (χ4v) is 2.85. The van der Waals surface area contributed by atoms with Gasteiger partial charge in [-0.3, -0.25) is 0 Å². The van der Waals surface area contributed by atoms with Crippen molar-refractivity contribution in [1.29, 1.82) is 0 Å². The van der Waals surface area contributed by atoms with Crippen molar-refractivity contribution in [3.63, 3.8) is 0 Å². The van der Waals surface area contributed by atoms with Crippen LogP contribution in [0.3, 0.4) is 0 Å². The molecule has 78 valence electrons. The van der Waals surface area contributed by atoms with Crippen molar-refractivity contribution >= 4 is 0 Å². The molecule has 1 nitrogen and oxygen atoms in total. The van der Waals surface area contributed by atoms with Gasteiger partial charge in [0.2, 0.25) is 0 Å². The minimum Gasteiger partial charge on any atom is -0.314 e. The summed E-state index contributed by atoms with van der Waals surface area (Å²) in [7, 11) is 0. The molecule has 1 heteroatoms. The molecular formula is C12H25N. The highest BCUT2D eigenvalue weighted by molar-refractivity contribution is 4.86. The van der Waals surface area contributed by atoms with Gasteiger partial charge in [0.15, 0.2) is 0 Å². The first-order valence-electron chi connectivity index (χ1n) is 5.77. The lowest BCUT2D eigenvalue weighted by molar-refractivity contribution is 0.152. The molecule has 1 aliphatic carbocycles. The largest absolute Gasteiger partial charge is 0.314 e. The zero-order valence-electron chi connectivity index (χ0n) is 9.69. The summed E-state index contributed by atoms with van der Waals surface area (Å²) >= 11 is 0. The zero-order chi connectivity index (χ0) is 9.90. The monoisotopic (exact) mass is 183 g/mol. The Balaban J connectivity index is 2.38. The minimum atomic E-state index is 0.559. The van der Waals surface area contributed by atoms with E-state index in [1.54, 1.807) is 0 Å². The highest BCUT2D eigenvalue weighted by Crippen LogP contribution is 2.38. The van der Waals surface area contributed by atoms with Crippen molar-refractivity contribution in [2.45, 2.75) is 59.4 Å². The molecular weight excluding hydrogens is 158 g/mol. The van der Waals surface area contributed by atoms with Crippen LogP contribution in [0.25, 0.3) is 0 Å². The summed E-state index contributed by atoms with van der Waals surface area (Å²) in [6, 6.07) is 0.777. The van der Waals surface area contributed by atoms with Crippen LogP contribution in [0, 0.1) is 11.3 Å². The molecule has 0 bridgehead atoms. The van der Waals surface area contributed by atoms with Crippen LogP contribution in [-0.2, 0) is 0 Å². The van der Waals surface area contributed by atoms with E-state index in [2.05, 4.69) is 33.0 Å². The maximum absolute atomic E-state index is 3.66. The third-order valence-electron chi connectivity index (χ3n) is 3.07. The van der Waals surface area contributed by atoms with E-state index in [9.17, 15) is 0 Å². The Morgan fingerprint density at radius 1 is 1.31 bits per heavy atom. The molecule has 0 heterocycles. The first-order valence-corrected chi connectivity index (χ1v) is 5.77. The second-order valence-corrected chi connectivity index (χ2v) is 5.56. The number of rotatable bonds is 3. The van der Waals surface area contributed by atoms with Gasteiger partial charge in [-0.05, 0) is 43.6 Å². The molecule has 1 N–H and O–H groups in total. The van der Waals surface area contributed by atoms with Crippen molar-refractivity contribution in [1.82, 2.24) is 5.32 Å². The van der Waals surface area contributed by atoms with Gasteiger partial charge in [-0.2, -0.15) is 0 Å². The molecule has 0 saturated heterocycles. The number of hydrogen-bond acceptors (Lipinski definition) is 1. The zero-order valence-corrected chi connectivity index (χ0v) is 9.69. The fourth-order valence-electron chi connectivity index (χ4n) is 2.85. The van der Waals surface area contributed by atoms with Crippen LogP contribution in [0.15, 0.2) is 0 Å². The van der Waals surface area contributed by atoms with E-state index in [0.29, 0.717) is 5.41 Å². The molecule has 1 aliphatic rings. The molecule has 1 fully saturated rings. The first kappa shape index (κ1) is 11.0. The van der Waals surface area contributed by atoms with Crippen molar-refractivity contribution in [2.75, 3.05) is 6.54 Å². The Morgan fingerprint density at radius 2 is 2.00 bits per heavy atom. The van der Waals surface area contributed by atoms with E-state index in [1.807, 2.05) is 0 Å². The average molecular weight is 183 g/mol. The highest BCUT2D eigenvalue weighted by atomic mass is 14.9. The molecule has 0 amide bonds. The second-order valence-electron chi connectivity index (χ2n) is 5.56. The molecule has 1 saturated carbocycles. The summed E-state index contributed by atoms with van der Waals surface area (Å²) in [6.07, 6.45) is 5.39. The number of hydrogen-bond donors (Lipinski definition) is 1. The standard InChI is InChI=1S/C12H25N/c1-5-6-13-11-7-10(2)8-12(3,4)9-11/h10-11,13H,5-9H2,1-4H3/t10-,11+/m1/s1. The van der Waals surface area contributed by atoms with Gasteiger partial charge in [0.05, 0.1) is 0 Å². The Labute approximate surface area is 83.3 Å². The molecule has 0 aromatic rings. The molecule has 0 aliphatic heterocycles. The van der Waals surface area contributed by atoms with Crippen LogP contribution < -0.4 is 5.32 Å². The second kappa shape index (κ2) is 4.45. The number of nitrogens with one attached hydrogen (secondary N) is 1. The van der Waals surface area contributed by atoms with Crippen LogP contribution in [0.4, 0.5) is 0 Å². The third-order valence-corrected chi connectivity index (χ3v) is 3.07. The average Bonchev–Trinajstić information content (AvgIpc) is 1.97. The minimum absolute atomic E-state index is 0.559. The van der Waals surface area contributed by atoms with E-state index >= 15 is 0 Å². The summed E-state index contributed by atoms with van der Waals surface area (Å²) in [5.41, 5.74) is 0.559. The SMILES string of the molecule is CCCN[C@H]1C[C@@H](C)CC(C)(C)C1. The lowest BCUT2D eigenvalue weighted by atomic mass is 9.70. The van der Waals surface area contributed by atoms with Gasteiger partial charge in [-0.1, -0.05) is 27.7 Å². The predicted molar refractivity (Wildman–Crippen MR) is 58.9 cm³/mol. The first-order chi connectivity index (χ1) is 6.03. The van der Waals surface area contributed by atoms with Crippen LogP contribution >= 0.6 is 0 Å². The summed E-state index contributed by atoms with van der Waals surface area (Å²) < 4.78 is 0. The molecule has 13 heavy (non-hydrogen) atoms. The van der Waals surface area contributed by atoms with Crippen LogP contribution in [-0.4, -0.2) is 12.6 Å². The van der Waals surface area contributed by atoms with Gasteiger partial charge in [-0.15, -0.1) is 0 Å². The fraction of sp³-hybridized carbons (Fsp3) is 1.00. The molecule has 2 atom stereocenters. The van der Waals surface area contributed by atoms with Crippen LogP contribution in [0.2, 0.25) is 0 Å². The van der Waals surface area contributed by atoms with Crippen molar-refractivity contribution in [3.8, 4) is 0 Å². The Kier molecular flexibility index (Phi) is 3.78. The van der Waals surface area contributed by atoms with Gasteiger partial charge in [0.1, 0.15) is 0 Å². The summed E-state index contributed by atoms with van der Waals surface area (Å²) in [5, 5.41) is 3.66. The lowest BCUT2D eigenvalue weighted by Crippen LogP contribution is -2.40. The van der Waals surface area contributed by atoms with Gasteiger partial charge in [0.25, 0.3) is 0 Å². The Hall–Kier alpha value is -0.0400. The molecule has 0 aromatic carbocycles. The van der Waals surface area contributed by atoms with Crippen molar-refractivity contribution in [3.05, 3.63) is 0 Å². The molecule has 0 aromatic heterocycles. The van der Waals surface area contributed by atoms with Crippen LogP contribution in [0.1, 0.15) is 53.4 Å². The Bertz CT molecular complexity index is 151.